The van der Waals surface area contributed by atoms with E-state index in [0.29, 0.717) is 11.5 Å². The molecule has 2 aliphatic carbocycles. The summed E-state index contributed by atoms with van der Waals surface area (Å²) in [5.74, 6) is 1.37. The minimum Gasteiger partial charge on any atom is -0.348 e. The van der Waals surface area contributed by atoms with Crippen LogP contribution in [0.5, 0.6) is 0 Å². The summed E-state index contributed by atoms with van der Waals surface area (Å²) in [5.41, 5.74) is 1.87. The standard InChI is InChI=1S/C17H17NO2/c18-9-12-1-4-14(5-2-12)16-19-10-17(11-20-16)8-13-3-6-15(17)7-13/h1-6,13,15-16H,7-8,10-11H2/t13-,15+,16?,17?/m0/s1. The van der Waals surface area contributed by atoms with Crippen molar-refractivity contribution in [2.45, 2.75) is 19.1 Å². The number of nitriles is 1. The third kappa shape index (κ3) is 1.80. The molecule has 3 aliphatic rings. The average Bonchev–Trinajstić information content (AvgIpc) is 3.09. The largest absolute Gasteiger partial charge is 0.348 e. The highest BCUT2D eigenvalue weighted by atomic mass is 16.7. The van der Waals surface area contributed by atoms with Crippen molar-refractivity contribution in [3.05, 3.63) is 47.5 Å². The maximum absolute atomic E-state index is 8.82. The fraction of sp³-hybridized carbons (Fsp3) is 0.471. The van der Waals surface area contributed by atoms with Gasteiger partial charge in [-0.2, -0.15) is 5.26 Å². The normalized spacial score (nSPS) is 38.2. The first-order valence-electron chi connectivity index (χ1n) is 7.21. The van der Waals surface area contributed by atoms with Gasteiger partial charge in [0, 0.05) is 11.0 Å². The van der Waals surface area contributed by atoms with Gasteiger partial charge in [0.2, 0.25) is 0 Å². The SMILES string of the molecule is N#Cc1ccc(C2OCC3(CO2)C[C@H]2C=C[C@@H]3C2)cc1. The topological polar surface area (TPSA) is 42.2 Å². The first-order chi connectivity index (χ1) is 9.79. The molecule has 3 heteroatoms. The highest BCUT2D eigenvalue weighted by Crippen LogP contribution is 2.54. The van der Waals surface area contributed by atoms with Crippen LogP contribution < -0.4 is 0 Å². The number of allylic oxidation sites excluding steroid dienone is 2. The molecule has 102 valence electrons. The summed E-state index contributed by atoms with van der Waals surface area (Å²) in [6.07, 6.45) is 6.89. The van der Waals surface area contributed by atoms with Crippen LogP contribution in [0.4, 0.5) is 0 Å². The number of hydrogen-bond donors (Lipinski definition) is 0. The van der Waals surface area contributed by atoms with Crippen LogP contribution in [-0.2, 0) is 9.47 Å². The predicted octanol–water partition coefficient (Wildman–Crippen LogP) is 3.19. The Morgan fingerprint density at radius 2 is 1.85 bits per heavy atom. The molecule has 1 saturated carbocycles. The maximum atomic E-state index is 8.82. The Labute approximate surface area is 118 Å². The van der Waals surface area contributed by atoms with Gasteiger partial charge in [0.05, 0.1) is 24.8 Å². The summed E-state index contributed by atoms with van der Waals surface area (Å²) in [5, 5.41) is 8.82. The molecule has 2 atom stereocenters. The molecule has 0 radical (unpaired) electrons. The molecule has 0 aromatic heterocycles. The predicted molar refractivity (Wildman–Crippen MR) is 73.6 cm³/mol. The molecule has 1 aromatic rings. The molecule has 2 bridgehead atoms. The van der Waals surface area contributed by atoms with Crippen molar-refractivity contribution < 1.29 is 9.47 Å². The molecule has 0 N–H and O–H groups in total. The molecular formula is C17H17NO2. The smallest absolute Gasteiger partial charge is 0.183 e. The van der Waals surface area contributed by atoms with Gasteiger partial charge in [-0.1, -0.05) is 24.3 Å². The second kappa shape index (κ2) is 4.44. The van der Waals surface area contributed by atoms with Crippen LogP contribution in [0.1, 0.15) is 30.3 Å². The van der Waals surface area contributed by atoms with Gasteiger partial charge in [-0.25, -0.2) is 0 Å². The molecule has 1 aliphatic heterocycles. The van der Waals surface area contributed by atoms with Crippen LogP contribution in [0.15, 0.2) is 36.4 Å². The molecule has 1 aromatic carbocycles. The molecule has 20 heavy (non-hydrogen) atoms. The van der Waals surface area contributed by atoms with Crippen molar-refractivity contribution in [3.63, 3.8) is 0 Å². The Morgan fingerprint density at radius 3 is 2.40 bits per heavy atom. The lowest BCUT2D eigenvalue weighted by Gasteiger charge is -2.41. The molecule has 4 rings (SSSR count). The number of fused-ring (bicyclic) bond motifs is 3. The van der Waals surface area contributed by atoms with Crippen LogP contribution in [0.25, 0.3) is 0 Å². The van der Waals surface area contributed by atoms with Crippen molar-refractivity contribution in [1.82, 2.24) is 0 Å². The van der Waals surface area contributed by atoms with Crippen molar-refractivity contribution in [2.24, 2.45) is 17.3 Å². The van der Waals surface area contributed by atoms with Crippen LogP contribution in [-0.4, -0.2) is 13.2 Å². The highest BCUT2D eigenvalue weighted by Gasteiger charge is 2.51. The van der Waals surface area contributed by atoms with E-state index in [1.807, 2.05) is 24.3 Å². The van der Waals surface area contributed by atoms with Crippen LogP contribution in [0.2, 0.25) is 0 Å². The second-order valence-electron chi connectivity index (χ2n) is 6.24. The molecule has 1 saturated heterocycles. The minimum absolute atomic E-state index is 0.211. The first kappa shape index (κ1) is 12.1. The fourth-order valence-corrected chi connectivity index (χ4v) is 3.87. The average molecular weight is 267 g/mol. The summed E-state index contributed by atoms with van der Waals surface area (Å²) >= 11 is 0. The van der Waals surface area contributed by atoms with Crippen molar-refractivity contribution in [1.29, 1.82) is 5.26 Å². The van der Waals surface area contributed by atoms with E-state index < -0.39 is 0 Å². The second-order valence-corrected chi connectivity index (χ2v) is 6.24. The van der Waals surface area contributed by atoms with Crippen molar-refractivity contribution >= 4 is 0 Å². The molecule has 0 unspecified atom stereocenters. The highest BCUT2D eigenvalue weighted by molar-refractivity contribution is 5.32. The molecular weight excluding hydrogens is 250 g/mol. The Bertz CT molecular complexity index is 576. The summed E-state index contributed by atoms with van der Waals surface area (Å²) in [6, 6.07) is 9.59. The zero-order valence-electron chi connectivity index (χ0n) is 11.3. The summed E-state index contributed by atoms with van der Waals surface area (Å²) in [4.78, 5) is 0. The third-order valence-electron chi connectivity index (χ3n) is 4.98. The Balaban J connectivity index is 1.47. The van der Waals surface area contributed by atoms with E-state index in [1.165, 1.54) is 12.8 Å². The van der Waals surface area contributed by atoms with E-state index in [2.05, 4.69) is 18.2 Å². The maximum Gasteiger partial charge on any atom is 0.183 e. The van der Waals surface area contributed by atoms with Gasteiger partial charge < -0.3 is 9.47 Å². The third-order valence-corrected chi connectivity index (χ3v) is 4.98. The quantitative estimate of drug-likeness (QED) is 0.734. The molecule has 1 heterocycles. The van der Waals surface area contributed by atoms with Gasteiger partial charge in [0.25, 0.3) is 0 Å². The summed E-state index contributed by atoms with van der Waals surface area (Å²) in [7, 11) is 0. The number of rotatable bonds is 1. The molecule has 3 nitrogen and oxygen atoms in total. The first-order valence-corrected chi connectivity index (χ1v) is 7.21. The van der Waals surface area contributed by atoms with Crippen LogP contribution in [0, 0.1) is 28.6 Å². The lowest BCUT2D eigenvalue weighted by atomic mass is 9.76. The Hall–Kier alpha value is -1.63. The fourth-order valence-electron chi connectivity index (χ4n) is 3.87. The number of benzene rings is 1. The van der Waals surface area contributed by atoms with Crippen LogP contribution in [0.3, 0.4) is 0 Å². The van der Waals surface area contributed by atoms with Crippen molar-refractivity contribution in [2.75, 3.05) is 13.2 Å². The molecule has 2 fully saturated rings. The van der Waals surface area contributed by atoms with E-state index in [0.717, 1.165) is 24.7 Å². The van der Waals surface area contributed by atoms with Crippen LogP contribution >= 0.6 is 0 Å². The van der Waals surface area contributed by atoms with Gasteiger partial charge in [-0.05, 0) is 36.8 Å². The minimum atomic E-state index is -0.281. The number of nitrogens with zero attached hydrogens (tertiary/aromatic N) is 1. The lowest BCUT2D eigenvalue weighted by Crippen LogP contribution is -2.41. The van der Waals surface area contributed by atoms with Gasteiger partial charge in [0.15, 0.2) is 6.29 Å². The molecule has 0 amide bonds. The summed E-state index contributed by atoms with van der Waals surface area (Å²) in [6.45, 7) is 1.56. The Kier molecular flexibility index (Phi) is 2.70. The molecule has 1 spiro atoms. The number of ether oxygens (including phenoxy) is 2. The van der Waals surface area contributed by atoms with E-state index in [1.54, 1.807) is 0 Å². The van der Waals surface area contributed by atoms with E-state index in [4.69, 9.17) is 14.7 Å². The van der Waals surface area contributed by atoms with Gasteiger partial charge in [-0.15, -0.1) is 0 Å². The van der Waals surface area contributed by atoms with Crippen molar-refractivity contribution in [3.8, 4) is 6.07 Å². The van der Waals surface area contributed by atoms with Gasteiger partial charge in [0.1, 0.15) is 0 Å². The van der Waals surface area contributed by atoms with E-state index in [9.17, 15) is 0 Å². The zero-order valence-corrected chi connectivity index (χ0v) is 11.3. The Morgan fingerprint density at radius 1 is 1.10 bits per heavy atom. The van der Waals surface area contributed by atoms with E-state index in [-0.39, 0.29) is 11.7 Å². The summed E-state index contributed by atoms with van der Waals surface area (Å²) < 4.78 is 12.0. The van der Waals surface area contributed by atoms with E-state index >= 15 is 0 Å². The zero-order chi connectivity index (χ0) is 13.6. The monoisotopic (exact) mass is 267 g/mol. The van der Waals surface area contributed by atoms with Gasteiger partial charge >= 0.3 is 0 Å². The lowest BCUT2D eigenvalue weighted by molar-refractivity contribution is -0.239. The number of hydrogen-bond acceptors (Lipinski definition) is 3. The van der Waals surface area contributed by atoms with Gasteiger partial charge in [-0.3, -0.25) is 0 Å².